The van der Waals surface area contributed by atoms with Crippen molar-refractivity contribution in [2.75, 3.05) is 10.8 Å². The summed E-state index contributed by atoms with van der Waals surface area (Å²) in [6, 6.07) is 25.9. The SMILES string of the molecule is O=C(NC1CCCC1)[C@@H](Cc1ccccc1)N(Cc1ccc(Cl)c(Cl)c1)C(=O)CN(c1ccc(F)cc1)S(=O)(=O)c1ccccc1. The van der Waals surface area contributed by atoms with Crippen molar-refractivity contribution in [2.24, 2.45) is 0 Å². The molecule has 46 heavy (non-hydrogen) atoms. The molecule has 1 saturated carbocycles. The van der Waals surface area contributed by atoms with Gasteiger partial charge < -0.3 is 10.2 Å². The van der Waals surface area contributed by atoms with Crippen LogP contribution in [-0.4, -0.2) is 43.8 Å². The standard InChI is InChI=1S/C35H34Cl2FN3O4S/c36-31-20-15-26(21-32(31)37)23-40(33(22-25-9-3-1-4-10-25)35(43)39-28-11-7-8-12-28)34(42)24-41(29-18-16-27(38)17-19-29)46(44,45)30-13-5-2-6-14-30/h1-6,9-10,13-21,28,33H,7-8,11-12,22-24H2,(H,39,43)/t33-/m1/s1. The summed E-state index contributed by atoms with van der Waals surface area (Å²) in [7, 11) is -4.28. The molecule has 240 valence electrons. The van der Waals surface area contributed by atoms with Crippen LogP contribution in [0.5, 0.6) is 0 Å². The third-order valence-electron chi connectivity index (χ3n) is 8.03. The average molecular weight is 683 g/mol. The maximum atomic E-state index is 14.5. The summed E-state index contributed by atoms with van der Waals surface area (Å²) in [5, 5.41) is 3.75. The maximum Gasteiger partial charge on any atom is 0.264 e. The van der Waals surface area contributed by atoms with Gasteiger partial charge in [-0.15, -0.1) is 0 Å². The smallest absolute Gasteiger partial charge is 0.264 e. The molecule has 1 aliphatic carbocycles. The van der Waals surface area contributed by atoms with E-state index in [9.17, 15) is 22.4 Å². The quantitative estimate of drug-likeness (QED) is 0.174. The molecule has 0 unspecified atom stereocenters. The molecule has 0 aromatic heterocycles. The van der Waals surface area contributed by atoms with Gasteiger partial charge in [0.1, 0.15) is 18.4 Å². The molecular formula is C35H34Cl2FN3O4S. The first kappa shape index (κ1) is 33.4. The molecule has 4 aromatic rings. The van der Waals surface area contributed by atoms with Crippen LogP contribution in [0.3, 0.4) is 0 Å². The number of hydrogen-bond acceptors (Lipinski definition) is 4. The van der Waals surface area contributed by atoms with Crippen LogP contribution >= 0.6 is 23.2 Å². The Kier molecular flexibility index (Phi) is 11.0. The largest absolute Gasteiger partial charge is 0.352 e. The number of amides is 2. The molecule has 1 N–H and O–H groups in total. The number of anilines is 1. The van der Waals surface area contributed by atoms with Crippen LogP contribution in [0.15, 0.2) is 108 Å². The molecule has 0 bridgehead atoms. The summed E-state index contributed by atoms with van der Waals surface area (Å²) in [6.45, 7) is -0.694. The maximum absolute atomic E-state index is 14.5. The van der Waals surface area contributed by atoms with Crippen molar-refractivity contribution in [2.45, 2.75) is 55.6 Å². The van der Waals surface area contributed by atoms with Crippen LogP contribution in [0.4, 0.5) is 10.1 Å². The Hall–Kier alpha value is -3.92. The van der Waals surface area contributed by atoms with Crippen molar-refractivity contribution in [1.82, 2.24) is 10.2 Å². The van der Waals surface area contributed by atoms with E-state index < -0.39 is 34.3 Å². The summed E-state index contributed by atoms with van der Waals surface area (Å²) in [5.41, 5.74) is 1.53. The van der Waals surface area contributed by atoms with Crippen LogP contribution in [0.2, 0.25) is 10.0 Å². The minimum Gasteiger partial charge on any atom is -0.352 e. The zero-order chi connectivity index (χ0) is 32.7. The van der Waals surface area contributed by atoms with E-state index in [4.69, 9.17) is 23.2 Å². The van der Waals surface area contributed by atoms with Gasteiger partial charge >= 0.3 is 0 Å². The van der Waals surface area contributed by atoms with Crippen LogP contribution in [-0.2, 0) is 32.6 Å². The predicted octanol–water partition coefficient (Wildman–Crippen LogP) is 7.03. The van der Waals surface area contributed by atoms with Gasteiger partial charge in [-0.3, -0.25) is 13.9 Å². The second kappa shape index (κ2) is 15.1. The number of rotatable bonds is 12. The molecule has 1 fully saturated rings. The lowest BCUT2D eigenvalue weighted by atomic mass is 10.0. The van der Waals surface area contributed by atoms with Gasteiger partial charge in [0.15, 0.2) is 0 Å². The lowest BCUT2D eigenvalue weighted by Crippen LogP contribution is -2.54. The zero-order valence-corrected chi connectivity index (χ0v) is 27.3. The number of carbonyl (C=O) groups is 2. The first-order valence-electron chi connectivity index (χ1n) is 15.0. The first-order valence-corrected chi connectivity index (χ1v) is 17.2. The molecule has 1 atom stereocenters. The predicted molar refractivity (Wildman–Crippen MR) is 179 cm³/mol. The molecule has 0 aliphatic heterocycles. The summed E-state index contributed by atoms with van der Waals surface area (Å²) in [5.74, 6) is -1.51. The van der Waals surface area contributed by atoms with Crippen molar-refractivity contribution in [1.29, 1.82) is 0 Å². The van der Waals surface area contributed by atoms with Crippen molar-refractivity contribution in [3.05, 3.63) is 130 Å². The van der Waals surface area contributed by atoms with Crippen LogP contribution < -0.4 is 9.62 Å². The highest BCUT2D eigenvalue weighted by molar-refractivity contribution is 7.92. The molecular weight excluding hydrogens is 648 g/mol. The van der Waals surface area contributed by atoms with Crippen molar-refractivity contribution in [3.63, 3.8) is 0 Å². The fraction of sp³-hybridized carbons (Fsp3) is 0.257. The normalized spacial score (nSPS) is 14.1. The Balaban J connectivity index is 1.57. The van der Waals surface area contributed by atoms with E-state index in [1.165, 1.54) is 29.2 Å². The second-order valence-corrected chi connectivity index (χ2v) is 13.9. The third kappa shape index (κ3) is 8.26. The highest BCUT2D eigenvalue weighted by atomic mass is 35.5. The van der Waals surface area contributed by atoms with Crippen molar-refractivity contribution in [3.8, 4) is 0 Å². The number of sulfonamides is 1. The Labute approximate surface area is 279 Å². The number of nitrogens with one attached hydrogen (secondary N) is 1. The lowest BCUT2D eigenvalue weighted by Gasteiger charge is -2.34. The summed E-state index contributed by atoms with van der Waals surface area (Å²) in [4.78, 5) is 29.9. The van der Waals surface area contributed by atoms with Gasteiger partial charge in [-0.2, -0.15) is 0 Å². The molecule has 2 amide bonds. The minimum atomic E-state index is -4.28. The molecule has 5 rings (SSSR count). The number of halogens is 3. The van der Waals surface area contributed by atoms with Crippen molar-refractivity contribution < 1.29 is 22.4 Å². The van der Waals surface area contributed by atoms with Crippen LogP contribution in [0.25, 0.3) is 0 Å². The average Bonchev–Trinajstić information content (AvgIpc) is 3.57. The van der Waals surface area contributed by atoms with Crippen molar-refractivity contribution >= 4 is 50.7 Å². The number of benzene rings is 4. The van der Waals surface area contributed by atoms with E-state index in [0.29, 0.717) is 10.6 Å². The number of nitrogens with zero attached hydrogens (tertiary/aromatic N) is 2. The lowest BCUT2D eigenvalue weighted by molar-refractivity contribution is -0.140. The van der Waals surface area contributed by atoms with Gasteiger partial charge in [0.25, 0.3) is 10.0 Å². The van der Waals surface area contributed by atoms with Crippen LogP contribution in [0, 0.1) is 5.82 Å². The summed E-state index contributed by atoms with van der Waals surface area (Å²) in [6.07, 6.45) is 3.89. The van der Waals surface area contributed by atoms with Gasteiger partial charge in [-0.05, 0) is 72.5 Å². The van der Waals surface area contributed by atoms with E-state index in [-0.39, 0.29) is 40.5 Å². The molecule has 11 heteroatoms. The molecule has 0 spiro atoms. The van der Waals surface area contributed by atoms with Gasteiger partial charge in [-0.25, -0.2) is 12.8 Å². The van der Waals surface area contributed by atoms with Gasteiger partial charge in [0.05, 0.1) is 20.6 Å². The molecule has 0 radical (unpaired) electrons. The molecule has 0 heterocycles. The zero-order valence-electron chi connectivity index (χ0n) is 25.0. The van der Waals surface area contributed by atoms with E-state index in [1.54, 1.807) is 36.4 Å². The monoisotopic (exact) mass is 681 g/mol. The second-order valence-electron chi connectivity index (χ2n) is 11.3. The number of carbonyl (C=O) groups excluding carboxylic acids is 2. The minimum absolute atomic E-state index is 0.0122. The fourth-order valence-corrected chi connectivity index (χ4v) is 7.37. The van der Waals surface area contributed by atoms with Gasteiger partial charge in [-0.1, -0.05) is 90.6 Å². The molecule has 7 nitrogen and oxygen atoms in total. The highest BCUT2D eigenvalue weighted by Crippen LogP contribution is 2.27. The van der Waals surface area contributed by atoms with E-state index >= 15 is 0 Å². The van der Waals surface area contributed by atoms with E-state index in [2.05, 4.69) is 5.32 Å². The highest BCUT2D eigenvalue weighted by Gasteiger charge is 2.35. The van der Waals surface area contributed by atoms with E-state index in [0.717, 1.165) is 47.7 Å². The third-order valence-corrected chi connectivity index (χ3v) is 10.6. The fourth-order valence-electron chi connectivity index (χ4n) is 5.61. The Morgan fingerprint density at radius 3 is 2.09 bits per heavy atom. The Morgan fingerprint density at radius 1 is 0.826 bits per heavy atom. The Morgan fingerprint density at radius 2 is 1.46 bits per heavy atom. The van der Waals surface area contributed by atoms with E-state index in [1.807, 2.05) is 30.3 Å². The topological polar surface area (TPSA) is 86.8 Å². The van der Waals surface area contributed by atoms with Gasteiger partial charge in [0, 0.05) is 19.0 Å². The first-order chi connectivity index (χ1) is 22.1. The summed E-state index contributed by atoms with van der Waals surface area (Å²) < 4.78 is 42.9. The summed E-state index contributed by atoms with van der Waals surface area (Å²) >= 11 is 12.5. The molecule has 4 aromatic carbocycles. The van der Waals surface area contributed by atoms with Crippen LogP contribution in [0.1, 0.15) is 36.8 Å². The number of hydrogen-bond donors (Lipinski definition) is 1. The molecule has 0 saturated heterocycles. The Bertz CT molecular complexity index is 1750. The molecule has 1 aliphatic rings. The van der Waals surface area contributed by atoms with Gasteiger partial charge in [0.2, 0.25) is 11.8 Å².